The van der Waals surface area contributed by atoms with Gasteiger partial charge in [-0.3, -0.25) is 4.79 Å². The number of rotatable bonds is 3. The molecule has 2 nitrogen and oxygen atoms in total. The number of hydrogen-bond donors (Lipinski definition) is 1. The van der Waals surface area contributed by atoms with Gasteiger partial charge in [-0.15, -0.1) is 24.0 Å². The summed E-state index contributed by atoms with van der Waals surface area (Å²) < 4.78 is 1.99. The lowest BCUT2D eigenvalue weighted by Crippen LogP contribution is -2.26. The van der Waals surface area contributed by atoms with Crippen molar-refractivity contribution in [2.24, 2.45) is 0 Å². The minimum Gasteiger partial charge on any atom is -0.337 e. The molecule has 1 heterocycles. The quantitative estimate of drug-likeness (QED) is 0.704. The van der Waals surface area contributed by atoms with Crippen LogP contribution in [0.3, 0.4) is 0 Å². The maximum atomic E-state index is 12.3. The van der Waals surface area contributed by atoms with Crippen molar-refractivity contribution >= 4 is 61.7 Å². The van der Waals surface area contributed by atoms with Crippen LogP contribution in [0.5, 0.6) is 0 Å². The second kappa shape index (κ2) is 6.43. The van der Waals surface area contributed by atoms with E-state index in [0.29, 0.717) is 17.0 Å². The summed E-state index contributed by atoms with van der Waals surface area (Å²) in [6.07, 6.45) is 0. The van der Waals surface area contributed by atoms with Gasteiger partial charge in [0.05, 0.1) is 9.35 Å². The minimum atomic E-state index is -0.0279. The lowest BCUT2D eigenvalue weighted by atomic mass is 10.2. The Morgan fingerprint density at radius 2 is 2.11 bits per heavy atom. The molecule has 0 bridgehead atoms. The molecule has 0 aliphatic heterocycles. The first-order chi connectivity index (χ1) is 8.97. The molecule has 1 amide bonds. The first kappa shape index (κ1) is 15.1. The summed E-state index contributed by atoms with van der Waals surface area (Å²) in [5.74, 6) is -0.0279. The summed E-state index contributed by atoms with van der Waals surface area (Å²) in [5, 5.41) is 2.04. The fourth-order valence-electron chi connectivity index (χ4n) is 1.67. The van der Waals surface area contributed by atoms with E-state index < -0.39 is 0 Å². The Morgan fingerprint density at radius 3 is 2.68 bits per heavy atom. The third-order valence-electron chi connectivity index (χ3n) is 2.58. The number of nitrogens with zero attached hydrogens (tertiary/aromatic N) is 1. The fraction of sp³-hybridized carbons (Fsp3) is 0.154. The van der Waals surface area contributed by atoms with Crippen LogP contribution in [0, 0.1) is 0 Å². The van der Waals surface area contributed by atoms with Gasteiger partial charge >= 0.3 is 0 Å². The van der Waals surface area contributed by atoms with Gasteiger partial charge in [-0.05, 0) is 51.1 Å². The molecule has 0 spiro atoms. The Balaban J connectivity index is 2.14. The van der Waals surface area contributed by atoms with Crippen LogP contribution in [0.15, 0.2) is 42.8 Å². The van der Waals surface area contributed by atoms with E-state index in [1.165, 1.54) is 0 Å². The first-order valence-electron chi connectivity index (χ1n) is 5.44. The van der Waals surface area contributed by atoms with E-state index in [1.54, 1.807) is 29.4 Å². The molecule has 6 heteroatoms. The molecular formula is C13H11Br2NOS2. The van der Waals surface area contributed by atoms with Gasteiger partial charge in [0, 0.05) is 23.0 Å². The van der Waals surface area contributed by atoms with Crippen molar-refractivity contribution in [2.75, 3.05) is 7.05 Å². The van der Waals surface area contributed by atoms with E-state index in [1.807, 2.05) is 23.6 Å². The molecule has 0 N–H and O–H groups in total. The zero-order chi connectivity index (χ0) is 14.0. The lowest BCUT2D eigenvalue weighted by molar-refractivity contribution is 0.0782. The van der Waals surface area contributed by atoms with E-state index in [9.17, 15) is 4.79 Å². The third kappa shape index (κ3) is 3.84. The van der Waals surface area contributed by atoms with E-state index >= 15 is 0 Å². The van der Waals surface area contributed by atoms with E-state index in [0.717, 1.165) is 13.8 Å². The Bertz CT molecular complexity index is 612. The van der Waals surface area contributed by atoms with Crippen molar-refractivity contribution < 1.29 is 4.79 Å². The molecule has 0 saturated carbocycles. The van der Waals surface area contributed by atoms with Gasteiger partial charge in [0.2, 0.25) is 0 Å². The first-order valence-corrected chi connectivity index (χ1v) is 8.35. The van der Waals surface area contributed by atoms with Crippen molar-refractivity contribution in [3.63, 3.8) is 0 Å². The number of halogens is 2. The van der Waals surface area contributed by atoms with Gasteiger partial charge in [0.15, 0.2) is 0 Å². The Hall–Kier alpha value is -0.300. The summed E-state index contributed by atoms with van der Waals surface area (Å²) in [5.41, 5.74) is 1.73. The number of benzene rings is 1. The van der Waals surface area contributed by atoms with Crippen molar-refractivity contribution in [3.8, 4) is 0 Å². The SMILES string of the molecule is CN(Cc1csc(Br)c1)C(=O)c1ccc(Br)cc1S. The second-order valence-electron chi connectivity index (χ2n) is 4.08. The van der Waals surface area contributed by atoms with Crippen LogP contribution in [-0.4, -0.2) is 17.9 Å². The van der Waals surface area contributed by atoms with Crippen LogP contribution in [0.4, 0.5) is 0 Å². The average Bonchev–Trinajstić information content (AvgIpc) is 2.74. The maximum Gasteiger partial charge on any atom is 0.255 e. The van der Waals surface area contributed by atoms with Crippen molar-refractivity contribution in [1.82, 2.24) is 4.90 Å². The van der Waals surface area contributed by atoms with Gasteiger partial charge < -0.3 is 4.90 Å². The predicted molar refractivity (Wildman–Crippen MR) is 89.2 cm³/mol. The second-order valence-corrected chi connectivity index (χ2v) is 7.77. The highest BCUT2D eigenvalue weighted by Gasteiger charge is 2.15. The number of amides is 1. The fourth-order valence-corrected chi connectivity index (χ4v) is 3.71. The third-order valence-corrected chi connectivity index (χ3v) is 4.99. The van der Waals surface area contributed by atoms with E-state index in [4.69, 9.17) is 0 Å². The van der Waals surface area contributed by atoms with Crippen molar-refractivity contribution in [2.45, 2.75) is 11.4 Å². The molecule has 2 rings (SSSR count). The predicted octanol–water partition coefficient (Wildman–Crippen LogP) is 4.83. The maximum absolute atomic E-state index is 12.3. The topological polar surface area (TPSA) is 20.3 Å². The van der Waals surface area contributed by atoms with Crippen LogP contribution in [0.2, 0.25) is 0 Å². The van der Waals surface area contributed by atoms with Gasteiger partial charge in [-0.2, -0.15) is 0 Å². The van der Waals surface area contributed by atoms with Gasteiger partial charge in [-0.25, -0.2) is 0 Å². The normalized spacial score (nSPS) is 10.5. The molecule has 100 valence electrons. The highest BCUT2D eigenvalue weighted by molar-refractivity contribution is 9.11. The molecule has 0 saturated heterocycles. The summed E-state index contributed by atoms with van der Waals surface area (Å²) in [6.45, 7) is 0.588. The smallest absolute Gasteiger partial charge is 0.255 e. The number of carbonyl (C=O) groups is 1. The highest BCUT2D eigenvalue weighted by atomic mass is 79.9. The molecule has 0 fully saturated rings. The van der Waals surface area contributed by atoms with Gasteiger partial charge in [0.1, 0.15) is 0 Å². The minimum absolute atomic E-state index is 0.0279. The number of thiol groups is 1. The van der Waals surface area contributed by atoms with Crippen LogP contribution in [0.25, 0.3) is 0 Å². The molecule has 0 unspecified atom stereocenters. The molecule has 0 atom stereocenters. The van der Waals surface area contributed by atoms with Crippen LogP contribution in [0.1, 0.15) is 15.9 Å². The van der Waals surface area contributed by atoms with Crippen LogP contribution < -0.4 is 0 Å². The molecule has 0 aliphatic carbocycles. The Morgan fingerprint density at radius 1 is 1.37 bits per heavy atom. The zero-order valence-corrected chi connectivity index (χ0v) is 14.9. The highest BCUT2D eigenvalue weighted by Crippen LogP contribution is 2.24. The molecule has 19 heavy (non-hydrogen) atoms. The summed E-state index contributed by atoms with van der Waals surface area (Å²) in [4.78, 5) is 14.7. The van der Waals surface area contributed by atoms with E-state index in [-0.39, 0.29) is 5.91 Å². The monoisotopic (exact) mass is 419 g/mol. The molecule has 1 aromatic heterocycles. The summed E-state index contributed by atoms with van der Waals surface area (Å²) >= 11 is 12.7. The van der Waals surface area contributed by atoms with Crippen molar-refractivity contribution in [3.05, 3.63) is 49.0 Å². The van der Waals surface area contributed by atoms with Crippen molar-refractivity contribution in [1.29, 1.82) is 0 Å². The number of hydrogen-bond acceptors (Lipinski definition) is 3. The van der Waals surface area contributed by atoms with Crippen LogP contribution >= 0.6 is 55.8 Å². The summed E-state index contributed by atoms with van der Waals surface area (Å²) in [7, 11) is 1.79. The Kier molecular flexibility index (Phi) is 5.11. The largest absolute Gasteiger partial charge is 0.337 e. The van der Waals surface area contributed by atoms with Gasteiger partial charge in [0.25, 0.3) is 5.91 Å². The average molecular weight is 421 g/mol. The lowest BCUT2D eigenvalue weighted by Gasteiger charge is -2.17. The van der Waals surface area contributed by atoms with E-state index in [2.05, 4.69) is 44.5 Å². The molecule has 1 aromatic carbocycles. The Labute approximate surface area is 138 Å². The molecular weight excluding hydrogens is 410 g/mol. The summed E-state index contributed by atoms with van der Waals surface area (Å²) in [6, 6.07) is 7.49. The van der Waals surface area contributed by atoms with Crippen LogP contribution in [-0.2, 0) is 6.54 Å². The molecule has 0 radical (unpaired) electrons. The number of carbonyl (C=O) groups excluding carboxylic acids is 1. The standard InChI is InChI=1S/C13H11Br2NOS2/c1-16(6-8-4-12(15)19-7-8)13(17)10-3-2-9(14)5-11(10)18/h2-5,7,18H,6H2,1H3. The molecule has 0 aliphatic rings. The molecule has 2 aromatic rings. The zero-order valence-electron chi connectivity index (χ0n) is 10.1. The number of thiophene rings is 1. The van der Waals surface area contributed by atoms with Gasteiger partial charge in [-0.1, -0.05) is 15.9 Å².